The van der Waals surface area contributed by atoms with Crippen molar-refractivity contribution in [1.29, 1.82) is 0 Å². The Morgan fingerprint density at radius 2 is 1.83 bits per heavy atom. The lowest BCUT2D eigenvalue weighted by atomic mass is 9.80. The zero-order chi connectivity index (χ0) is 13.9. The van der Waals surface area contributed by atoms with Gasteiger partial charge in [-0.05, 0) is 50.3 Å². The van der Waals surface area contributed by atoms with Crippen LogP contribution in [-0.2, 0) is 0 Å². The van der Waals surface area contributed by atoms with Gasteiger partial charge >= 0.3 is 0 Å². The first kappa shape index (κ1) is 15.1. The van der Waals surface area contributed by atoms with Crippen LogP contribution in [0.5, 0.6) is 0 Å². The highest BCUT2D eigenvalue weighted by Crippen LogP contribution is 2.42. The molecule has 0 aliphatic carbocycles. The van der Waals surface area contributed by atoms with Gasteiger partial charge in [0.05, 0.1) is 0 Å². The lowest BCUT2D eigenvalue weighted by Crippen LogP contribution is -2.45. The van der Waals surface area contributed by atoms with Crippen LogP contribution in [0.3, 0.4) is 0 Å². The summed E-state index contributed by atoms with van der Waals surface area (Å²) in [7, 11) is 2.21. The van der Waals surface area contributed by atoms with Crippen molar-refractivity contribution < 1.29 is 0 Å². The molecule has 0 aromatic heterocycles. The minimum absolute atomic E-state index is 0.278. The van der Waals surface area contributed by atoms with Gasteiger partial charge in [-0.2, -0.15) is 0 Å². The van der Waals surface area contributed by atoms with Crippen molar-refractivity contribution in [2.75, 3.05) is 11.9 Å². The molecule has 1 heteroatoms. The van der Waals surface area contributed by atoms with Gasteiger partial charge in [-0.15, -0.1) is 0 Å². The Balaban J connectivity index is 0.000000492. The summed E-state index contributed by atoms with van der Waals surface area (Å²) in [4.78, 5) is 2.43. The molecule has 0 bridgehead atoms. The minimum atomic E-state index is 0.278. The standard InChI is InChI=1S/C14H21N.C3H8/c1-10-6-7-12-11(2)9-14(3,4)15(5)13(12)8-10;1-3-2/h6-8,11H,9H2,1-5H3;3H2,1-2H3. The SMILES string of the molecule is CCC.Cc1ccc2c(c1)N(C)C(C)(C)CC2C. The fourth-order valence-corrected chi connectivity index (χ4v) is 2.68. The number of rotatable bonds is 0. The molecule has 102 valence electrons. The minimum Gasteiger partial charge on any atom is -0.369 e. The second-order valence-electron chi connectivity index (χ2n) is 6.25. The van der Waals surface area contributed by atoms with E-state index in [2.05, 4.69) is 71.7 Å². The largest absolute Gasteiger partial charge is 0.369 e. The van der Waals surface area contributed by atoms with Gasteiger partial charge in [0, 0.05) is 18.3 Å². The molecule has 1 aliphatic rings. The zero-order valence-corrected chi connectivity index (χ0v) is 13.2. The second kappa shape index (κ2) is 5.77. The molecule has 2 rings (SSSR count). The third-order valence-electron chi connectivity index (χ3n) is 3.79. The van der Waals surface area contributed by atoms with E-state index >= 15 is 0 Å². The van der Waals surface area contributed by atoms with E-state index in [9.17, 15) is 0 Å². The predicted molar refractivity (Wildman–Crippen MR) is 82.7 cm³/mol. The second-order valence-corrected chi connectivity index (χ2v) is 6.25. The van der Waals surface area contributed by atoms with E-state index in [-0.39, 0.29) is 5.54 Å². The van der Waals surface area contributed by atoms with Crippen LogP contribution in [0, 0.1) is 6.92 Å². The van der Waals surface area contributed by atoms with Crippen LogP contribution in [0.25, 0.3) is 0 Å². The Bertz CT molecular complexity index is 393. The van der Waals surface area contributed by atoms with E-state index in [1.54, 1.807) is 0 Å². The first-order valence-electron chi connectivity index (χ1n) is 7.17. The predicted octanol–water partition coefficient (Wildman–Crippen LogP) is 5.13. The number of anilines is 1. The Kier molecular flexibility index (Phi) is 4.84. The fourth-order valence-electron chi connectivity index (χ4n) is 2.68. The number of benzene rings is 1. The van der Waals surface area contributed by atoms with E-state index in [1.807, 2.05) is 0 Å². The third kappa shape index (κ3) is 3.07. The van der Waals surface area contributed by atoms with Crippen LogP contribution in [0.1, 0.15) is 64.5 Å². The molecule has 1 atom stereocenters. The Morgan fingerprint density at radius 3 is 2.39 bits per heavy atom. The summed E-state index contributed by atoms with van der Waals surface area (Å²) in [6, 6.07) is 6.83. The molecule has 1 aromatic carbocycles. The molecule has 0 amide bonds. The van der Waals surface area contributed by atoms with Crippen LogP contribution in [-0.4, -0.2) is 12.6 Å². The summed E-state index contributed by atoms with van der Waals surface area (Å²) in [6.07, 6.45) is 2.49. The number of hydrogen-bond donors (Lipinski definition) is 0. The summed E-state index contributed by atoms with van der Waals surface area (Å²) in [6.45, 7) is 13.4. The van der Waals surface area contributed by atoms with Gasteiger partial charge in [0.15, 0.2) is 0 Å². The molecule has 1 unspecified atom stereocenters. The molecule has 1 aliphatic heterocycles. The molecule has 1 heterocycles. The zero-order valence-electron chi connectivity index (χ0n) is 13.2. The Labute approximate surface area is 113 Å². The third-order valence-corrected chi connectivity index (χ3v) is 3.79. The molecule has 18 heavy (non-hydrogen) atoms. The number of hydrogen-bond acceptors (Lipinski definition) is 1. The van der Waals surface area contributed by atoms with E-state index in [1.165, 1.54) is 29.7 Å². The van der Waals surface area contributed by atoms with Crippen LogP contribution >= 0.6 is 0 Å². The summed E-state index contributed by atoms with van der Waals surface area (Å²) in [5, 5.41) is 0. The van der Waals surface area contributed by atoms with Gasteiger partial charge in [-0.25, -0.2) is 0 Å². The quantitative estimate of drug-likeness (QED) is 0.614. The Hall–Kier alpha value is -0.980. The van der Waals surface area contributed by atoms with E-state index in [0.717, 1.165) is 0 Å². The summed E-state index contributed by atoms with van der Waals surface area (Å²) >= 11 is 0. The topological polar surface area (TPSA) is 3.24 Å². The van der Waals surface area contributed by atoms with E-state index < -0.39 is 0 Å². The molecule has 1 nitrogen and oxygen atoms in total. The highest BCUT2D eigenvalue weighted by atomic mass is 15.2. The van der Waals surface area contributed by atoms with Crippen molar-refractivity contribution in [3.63, 3.8) is 0 Å². The van der Waals surface area contributed by atoms with Crippen LogP contribution in [0.2, 0.25) is 0 Å². The van der Waals surface area contributed by atoms with Gasteiger partial charge in [-0.1, -0.05) is 39.3 Å². The maximum Gasteiger partial charge on any atom is 0.0406 e. The van der Waals surface area contributed by atoms with Gasteiger partial charge < -0.3 is 4.90 Å². The molecule has 0 fully saturated rings. The average molecular weight is 247 g/mol. The van der Waals surface area contributed by atoms with Gasteiger partial charge in [0.25, 0.3) is 0 Å². The molecule has 0 saturated carbocycles. The molecular weight excluding hydrogens is 218 g/mol. The van der Waals surface area contributed by atoms with Crippen molar-refractivity contribution in [1.82, 2.24) is 0 Å². The number of aryl methyl sites for hydroxylation is 1. The highest BCUT2D eigenvalue weighted by molar-refractivity contribution is 5.60. The van der Waals surface area contributed by atoms with E-state index in [4.69, 9.17) is 0 Å². The summed E-state index contributed by atoms with van der Waals surface area (Å²) in [5.74, 6) is 0.673. The monoisotopic (exact) mass is 247 g/mol. The highest BCUT2D eigenvalue weighted by Gasteiger charge is 2.33. The van der Waals surface area contributed by atoms with Crippen LogP contribution in [0.4, 0.5) is 5.69 Å². The van der Waals surface area contributed by atoms with Crippen molar-refractivity contribution in [2.45, 2.75) is 65.8 Å². The van der Waals surface area contributed by atoms with Crippen molar-refractivity contribution >= 4 is 5.69 Å². The molecule has 0 saturated heterocycles. The van der Waals surface area contributed by atoms with Crippen LogP contribution in [0.15, 0.2) is 18.2 Å². The number of fused-ring (bicyclic) bond motifs is 1. The van der Waals surface area contributed by atoms with Gasteiger partial charge in [0.2, 0.25) is 0 Å². The summed E-state index contributed by atoms with van der Waals surface area (Å²) < 4.78 is 0. The molecule has 0 spiro atoms. The molecule has 0 radical (unpaired) electrons. The average Bonchev–Trinajstić information content (AvgIpc) is 2.26. The lowest BCUT2D eigenvalue weighted by Gasteiger charge is -2.45. The van der Waals surface area contributed by atoms with Gasteiger partial charge in [0.1, 0.15) is 0 Å². The fraction of sp³-hybridized carbons (Fsp3) is 0.647. The maximum absolute atomic E-state index is 2.43. The Morgan fingerprint density at radius 1 is 1.28 bits per heavy atom. The molecule has 0 N–H and O–H groups in total. The summed E-state index contributed by atoms with van der Waals surface area (Å²) in [5.41, 5.74) is 4.55. The van der Waals surface area contributed by atoms with Gasteiger partial charge in [-0.3, -0.25) is 0 Å². The first-order valence-corrected chi connectivity index (χ1v) is 7.17. The first-order chi connectivity index (χ1) is 8.33. The molecular formula is C17H29N. The van der Waals surface area contributed by atoms with Crippen molar-refractivity contribution in [3.05, 3.63) is 29.3 Å². The maximum atomic E-state index is 2.43. The lowest BCUT2D eigenvalue weighted by molar-refractivity contribution is 0.395. The normalized spacial score (nSPS) is 20.8. The molecule has 1 aromatic rings. The smallest absolute Gasteiger partial charge is 0.0406 e. The van der Waals surface area contributed by atoms with Crippen molar-refractivity contribution in [2.24, 2.45) is 0 Å². The number of nitrogens with zero attached hydrogens (tertiary/aromatic N) is 1. The van der Waals surface area contributed by atoms with E-state index in [0.29, 0.717) is 5.92 Å². The van der Waals surface area contributed by atoms with Crippen LogP contribution < -0.4 is 4.90 Å². The van der Waals surface area contributed by atoms with Crippen molar-refractivity contribution in [3.8, 4) is 0 Å².